The number of hydrogen-bond donors (Lipinski definition) is 2. The number of aryl methyl sites for hydroxylation is 1. The van der Waals surface area contributed by atoms with Crippen LogP contribution in [0.3, 0.4) is 0 Å². The normalized spacial score (nSPS) is 10.5. The van der Waals surface area contributed by atoms with Crippen LogP contribution < -0.4 is 11.1 Å². The minimum absolute atomic E-state index is 0.224. The van der Waals surface area contributed by atoms with Crippen molar-refractivity contribution in [2.75, 3.05) is 5.32 Å². The number of carbonyl (C=O) groups excluding carboxylic acids is 2. The molecule has 1 heterocycles. The van der Waals surface area contributed by atoms with E-state index in [9.17, 15) is 9.59 Å². The molecule has 0 aliphatic rings. The first-order valence-electron chi connectivity index (χ1n) is 8.02. The van der Waals surface area contributed by atoms with E-state index in [0.717, 1.165) is 12.0 Å². The zero-order valence-electron chi connectivity index (χ0n) is 13.9. The molecule has 0 aliphatic carbocycles. The van der Waals surface area contributed by atoms with Gasteiger partial charge in [-0.3, -0.25) is 9.59 Å². The number of nitrogens with zero attached hydrogens (tertiary/aromatic N) is 2. The molecule has 0 bridgehead atoms. The molecule has 0 fully saturated rings. The van der Waals surface area contributed by atoms with E-state index in [4.69, 9.17) is 5.73 Å². The van der Waals surface area contributed by atoms with Crippen molar-refractivity contribution >= 4 is 29.0 Å². The van der Waals surface area contributed by atoms with Gasteiger partial charge in [-0.25, -0.2) is 4.98 Å². The van der Waals surface area contributed by atoms with Gasteiger partial charge in [0.15, 0.2) is 5.82 Å². The highest BCUT2D eigenvalue weighted by molar-refractivity contribution is 7.03. The van der Waals surface area contributed by atoms with Crippen molar-refractivity contribution in [1.82, 2.24) is 9.36 Å². The Bertz CT molecular complexity index is 895. The lowest BCUT2D eigenvalue weighted by molar-refractivity contribution is -0.113. The second-order valence-electron chi connectivity index (χ2n) is 5.60. The summed E-state index contributed by atoms with van der Waals surface area (Å²) >= 11 is 1.22. The molecule has 0 atom stereocenters. The van der Waals surface area contributed by atoms with E-state index in [1.807, 2.05) is 30.3 Å². The number of primary amides is 1. The van der Waals surface area contributed by atoms with Crippen LogP contribution in [0.4, 0.5) is 5.69 Å². The molecule has 0 saturated carbocycles. The average molecular weight is 365 g/mol. The third-order valence-corrected chi connectivity index (χ3v) is 4.25. The molecule has 0 saturated heterocycles. The fourth-order valence-electron chi connectivity index (χ4n) is 2.49. The van der Waals surface area contributed by atoms with Crippen LogP contribution in [0.2, 0.25) is 0 Å². The Labute approximate surface area is 155 Å². The van der Waals surface area contributed by atoms with E-state index in [-0.39, 0.29) is 11.5 Å². The smallest absolute Gasteiger partial charge is 0.250 e. The number of nitrogens with two attached hydrogens (primary N) is 1. The van der Waals surface area contributed by atoms with Gasteiger partial charge >= 0.3 is 0 Å². The molecule has 6 nitrogen and oxygen atoms in total. The molecule has 0 aliphatic heterocycles. The van der Waals surface area contributed by atoms with Crippen molar-refractivity contribution in [2.45, 2.75) is 12.8 Å². The maximum atomic E-state index is 12.1. The minimum atomic E-state index is -0.623. The average Bonchev–Trinajstić information content (AvgIpc) is 3.17. The van der Waals surface area contributed by atoms with Gasteiger partial charge in [0.1, 0.15) is 5.51 Å². The summed E-state index contributed by atoms with van der Waals surface area (Å²) in [5.41, 5.74) is 9.49. The van der Waals surface area contributed by atoms with Gasteiger partial charge in [-0.05, 0) is 48.1 Å². The van der Waals surface area contributed by atoms with E-state index in [1.54, 1.807) is 30.1 Å². The van der Waals surface area contributed by atoms with Crippen molar-refractivity contribution < 1.29 is 9.59 Å². The monoisotopic (exact) mass is 365 g/mol. The highest BCUT2D eigenvalue weighted by Crippen LogP contribution is 2.23. The number of amides is 2. The summed E-state index contributed by atoms with van der Waals surface area (Å²) in [6.45, 7) is 0. The Morgan fingerprint density at radius 2 is 1.96 bits per heavy atom. The Morgan fingerprint density at radius 1 is 1.15 bits per heavy atom. The van der Waals surface area contributed by atoms with Crippen molar-refractivity contribution in [3.63, 3.8) is 0 Å². The number of rotatable bonds is 7. The summed E-state index contributed by atoms with van der Waals surface area (Å²) in [7, 11) is 0. The van der Waals surface area contributed by atoms with Crippen LogP contribution in [-0.4, -0.2) is 21.2 Å². The topological polar surface area (TPSA) is 98.0 Å². The second-order valence-corrected chi connectivity index (χ2v) is 6.20. The van der Waals surface area contributed by atoms with Crippen LogP contribution in [0.25, 0.3) is 11.4 Å². The first kappa shape index (κ1) is 17.8. The summed E-state index contributed by atoms with van der Waals surface area (Å²) in [6.07, 6.45) is 2.93. The van der Waals surface area contributed by atoms with E-state index < -0.39 is 5.91 Å². The SMILES string of the molecule is NC(=O)c1cc(-c2ncsn2)ccc1NC(=O)[CH]CCc1ccccc1. The molecule has 131 valence electrons. The van der Waals surface area contributed by atoms with Crippen LogP contribution in [0.15, 0.2) is 54.0 Å². The molecule has 1 radical (unpaired) electrons. The lowest BCUT2D eigenvalue weighted by Crippen LogP contribution is -2.18. The van der Waals surface area contributed by atoms with Crippen molar-refractivity contribution in [3.05, 3.63) is 71.6 Å². The molecular weight excluding hydrogens is 348 g/mol. The van der Waals surface area contributed by atoms with E-state index in [1.165, 1.54) is 11.5 Å². The number of hydrogen-bond acceptors (Lipinski definition) is 5. The second kappa shape index (κ2) is 8.35. The van der Waals surface area contributed by atoms with Crippen molar-refractivity contribution in [3.8, 4) is 11.4 Å². The lowest BCUT2D eigenvalue weighted by atomic mass is 10.1. The first-order chi connectivity index (χ1) is 12.6. The molecular formula is C19H17N4O2S. The Hall–Kier alpha value is -3.06. The van der Waals surface area contributed by atoms with Gasteiger partial charge in [0.25, 0.3) is 5.91 Å². The molecule has 26 heavy (non-hydrogen) atoms. The van der Waals surface area contributed by atoms with Gasteiger partial charge in [-0.1, -0.05) is 30.3 Å². The first-order valence-corrected chi connectivity index (χ1v) is 8.86. The van der Waals surface area contributed by atoms with Crippen molar-refractivity contribution in [1.29, 1.82) is 0 Å². The van der Waals surface area contributed by atoms with Crippen LogP contribution in [0.1, 0.15) is 22.3 Å². The summed E-state index contributed by atoms with van der Waals surface area (Å²) in [4.78, 5) is 28.0. The number of aromatic nitrogens is 2. The predicted molar refractivity (Wildman–Crippen MR) is 102 cm³/mol. The quantitative estimate of drug-likeness (QED) is 0.672. The van der Waals surface area contributed by atoms with Gasteiger partial charge in [0.05, 0.1) is 17.7 Å². The largest absolute Gasteiger partial charge is 0.366 e. The summed E-state index contributed by atoms with van der Waals surface area (Å²) in [6, 6.07) is 14.9. The zero-order chi connectivity index (χ0) is 18.4. The van der Waals surface area contributed by atoms with E-state index in [0.29, 0.717) is 23.5 Å². The Morgan fingerprint density at radius 3 is 2.65 bits per heavy atom. The van der Waals surface area contributed by atoms with E-state index in [2.05, 4.69) is 14.7 Å². The van der Waals surface area contributed by atoms with Crippen LogP contribution in [-0.2, 0) is 11.2 Å². The standard InChI is InChI=1S/C19H17N4O2S/c20-18(25)15-11-14(19-21-12-26-23-19)9-10-16(15)22-17(24)8-4-7-13-5-2-1-3-6-13/h1-3,5-6,8-12H,4,7H2,(H2,20,25)(H,22,24). The van der Waals surface area contributed by atoms with Crippen molar-refractivity contribution in [2.24, 2.45) is 5.73 Å². The maximum Gasteiger partial charge on any atom is 0.250 e. The Balaban J connectivity index is 1.64. The van der Waals surface area contributed by atoms with Gasteiger partial charge in [-0.15, -0.1) is 0 Å². The molecule has 3 N–H and O–H groups in total. The molecule has 3 rings (SSSR count). The fraction of sp³-hybridized carbons (Fsp3) is 0.105. The molecule has 0 spiro atoms. The molecule has 7 heteroatoms. The third-order valence-electron chi connectivity index (χ3n) is 3.77. The summed E-state index contributed by atoms with van der Waals surface area (Å²) < 4.78 is 4.13. The number of anilines is 1. The molecule has 2 aromatic carbocycles. The molecule has 1 aromatic heterocycles. The maximum absolute atomic E-state index is 12.1. The third kappa shape index (κ3) is 4.52. The van der Waals surface area contributed by atoms with Crippen LogP contribution in [0, 0.1) is 6.42 Å². The Kier molecular flexibility index (Phi) is 5.70. The molecule has 2 amide bonds. The molecule has 3 aromatic rings. The fourth-order valence-corrected chi connectivity index (χ4v) is 2.94. The predicted octanol–water partition coefficient (Wildman–Crippen LogP) is 3.08. The van der Waals surface area contributed by atoms with Gasteiger partial charge in [-0.2, -0.15) is 4.37 Å². The molecule has 0 unspecified atom stereocenters. The van der Waals surface area contributed by atoms with Crippen LogP contribution >= 0.6 is 11.5 Å². The van der Waals surface area contributed by atoms with Gasteiger partial charge in [0, 0.05) is 5.56 Å². The lowest BCUT2D eigenvalue weighted by Gasteiger charge is -2.10. The van der Waals surface area contributed by atoms with E-state index >= 15 is 0 Å². The minimum Gasteiger partial charge on any atom is -0.366 e. The van der Waals surface area contributed by atoms with Gasteiger partial charge in [0.2, 0.25) is 5.91 Å². The number of nitrogens with one attached hydrogen (secondary N) is 1. The highest BCUT2D eigenvalue weighted by atomic mass is 32.1. The number of benzene rings is 2. The number of carbonyl (C=O) groups is 2. The zero-order valence-corrected chi connectivity index (χ0v) is 14.7. The summed E-state index contributed by atoms with van der Waals surface area (Å²) in [5.74, 6) is -0.380. The highest BCUT2D eigenvalue weighted by Gasteiger charge is 2.14. The summed E-state index contributed by atoms with van der Waals surface area (Å²) in [5, 5.41) is 2.72. The van der Waals surface area contributed by atoms with Crippen LogP contribution in [0.5, 0.6) is 0 Å². The van der Waals surface area contributed by atoms with Gasteiger partial charge < -0.3 is 11.1 Å².